The molecular formula is C19H29IN4O2. The maximum Gasteiger partial charge on any atom is 0.191 e. The molecule has 0 bridgehead atoms. The predicted molar refractivity (Wildman–Crippen MR) is 115 cm³/mol. The van der Waals surface area contributed by atoms with E-state index in [2.05, 4.69) is 41.6 Å². The third kappa shape index (κ3) is 7.63. The molecule has 1 aromatic heterocycles. The van der Waals surface area contributed by atoms with Crippen molar-refractivity contribution in [2.24, 2.45) is 4.99 Å². The molecule has 0 saturated heterocycles. The number of benzene rings is 1. The highest BCUT2D eigenvalue weighted by atomic mass is 127. The summed E-state index contributed by atoms with van der Waals surface area (Å²) in [6, 6.07) is 9.99. The van der Waals surface area contributed by atoms with Crippen molar-refractivity contribution in [2.75, 3.05) is 19.7 Å². The van der Waals surface area contributed by atoms with Crippen molar-refractivity contribution in [3.05, 3.63) is 47.3 Å². The lowest BCUT2D eigenvalue weighted by atomic mass is 10.1. The topological polar surface area (TPSA) is 71.7 Å². The highest BCUT2D eigenvalue weighted by molar-refractivity contribution is 14.0. The van der Waals surface area contributed by atoms with Crippen LogP contribution in [0.15, 0.2) is 39.8 Å². The first-order valence-electron chi connectivity index (χ1n) is 8.75. The quantitative estimate of drug-likeness (QED) is 0.264. The Kier molecular flexibility index (Phi) is 10.1. The second-order valence-electron chi connectivity index (χ2n) is 6.16. The van der Waals surface area contributed by atoms with E-state index >= 15 is 0 Å². The zero-order valence-electron chi connectivity index (χ0n) is 15.9. The van der Waals surface area contributed by atoms with Crippen LogP contribution in [-0.4, -0.2) is 30.8 Å². The zero-order chi connectivity index (χ0) is 18.1. The third-order valence-corrected chi connectivity index (χ3v) is 3.59. The number of rotatable bonds is 8. The largest absolute Gasteiger partial charge is 0.492 e. The number of hydrogen-bond acceptors (Lipinski definition) is 4. The van der Waals surface area contributed by atoms with E-state index < -0.39 is 0 Å². The van der Waals surface area contributed by atoms with E-state index in [1.54, 1.807) is 0 Å². The van der Waals surface area contributed by atoms with Gasteiger partial charge in [-0.3, -0.25) is 0 Å². The molecule has 0 amide bonds. The van der Waals surface area contributed by atoms with E-state index in [9.17, 15) is 0 Å². The summed E-state index contributed by atoms with van der Waals surface area (Å²) in [5.41, 5.74) is 2.18. The Balaban J connectivity index is 0.00000338. The lowest BCUT2D eigenvalue weighted by molar-refractivity contribution is 0.322. The standard InChI is InChI=1S/C19H28N4O2.HI/c1-5-20-19(22-13-17-12-18(14(2)3)23-25-17)21-10-11-24-16-8-6-15(4)7-9-16;/h6-9,12,14H,5,10-11,13H2,1-4H3,(H2,20,21,22);1H. The van der Waals surface area contributed by atoms with Gasteiger partial charge in [-0.2, -0.15) is 0 Å². The van der Waals surface area contributed by atoms with Crippen molar-refractivity contribution < 1.29 is 9.26 Å². The molecule has 144 valence electrons. The molecule has 2 aromatic rings. The summed E-state index contributed by atoms with van der Waals surface area (Å²) in [5, 5.41) is 10.5. The van der Waals surface area contributed by atoms with Gasteiger partial charge in [-0.1, -0.05) is 36.7 Å². The minimum atomic E-state index is 0. The van der Waals surface area contributed by atoms with Crippen LogP contribution in [0.2, 0.25) is 0 Å². The van der Waals surface area contributed by atoms with Gasteiger partial charge in [0.2, 0.25) is 0 Å². The molecular weight excluding hydrogens is 443 g/mol. The molecule has 0 fully saturated rings. The molecule has 0 aliphatic carbocycles. The highest BCUT2D eigenvalue weighted by Crippen LogP contribution is 2.14. The van der Waals surface area contributed by atoms with Gasteiger partial charge in [0.05, 0.1) is 12.2 Å². The van der Waals surface area contributed by atoms with Crippen LogP contribution in [0, 0.1) is 6.92 Å². The van der Waals surface area contributed by atoms with Crippen LogP contribution in [0.25, 0.3) is 0 Å². The minimum Gasteiger partial charge on any atom is -0.492 e. The van der Waals surface area contributed by atoms with Gasteiger partial charge in [0.15, 0.2) is 11.7 Å². The van der Waals surface area contributed by atoms with E-state index in [1.807, 2.05) is 37.3 Å². The van der Waals surface area contributed by atoms with E-state index in [0.717, 1.165) is 29.7 Å². The Hall–Kier alpha value is -1.77. The van der Waals surface area contributed by atoms with Gasteiger partial charge in [0.25, 0.3) is 0 Å². The van der Waals surface area contributed by atoms with E-state index in [-0.39, 0.29) is 24.0 Å². The van der Waals surface area contributed by atoms with Gasteiger partial charge in [0.1, 0.15) is 18.9 Å². The summed E-state index contributed by atoms with van der Waals surface area (Å²) >= 11 is 0. The number of nitrogens with zero attached hydrogens (tertiary/aromatic N) is 2. The molecule has 0 spiro atoms. The molecule has 6 nitrogen and oxygen atoms in total. The number of aliphatic imine (C=N–C) groups is 1. The van der Waals surface area contributed by atoms with Gasteiger partial charge in [-0.25, -0.2) is 4.99 Å². The second-order valence-corrected chi connectivity index (χ2v) is 6.16. The van der Waals surface area contributed by atoms with Crippen LogP contribution in [0.1, 0.15) is 43.7 Å². The van der Waals surface area contributed by atoms with E-state index in [4.69, 9.17) is 9.26 Å². The lowest BCUT2D eigenvalue weighted by Gasteiger charge is -2.11. The molecule has 0 saturated carbocycles. The smallest absolute Gasteiger partial charge is 0.191 e. The first-order chi connectivity index (χ1) is 12.1. The van der Waals surface area contributed by atoms with E-state index in [0.29, 0.717) is 25.6 Å². The maximum absolute atomic E-state index is 5.71. The fourth-order valence-electron chi connectivity index (χ4n) is 2.15. The Morgan fingerprint density at radius 2 is 1.96 bits per heavy atom. The maximum atomic E-state index is 5.71. The second kappa shape index (κ2) is 11.8. The van der Waals surface area contributed by atoms with Crippen molar-refractivity contribution in [3.8, 4) is 5.75 Å². The summed E-state index contributed by atoms with van der Waals surface area (Å²) in [4.78, 5) is 4.52. The molecule has 0 atom stereocenters. The molecule has 26 heavy (non-hydrogen) atoms. The number of halogens is 1. The molecule has 0 aliphatic heterocycles. The summed E-state index contributed by atoms with van der Waals surface area (Å²) in [5.74, 6) is 2.72. The summed E-state index contributed by atoms with van der Waals surface area (Å²) in [7, 11) is 0. The molecule has 2 rings (SSSR count). The van der Waals surface area contributed by atoms with Crippen molar-refractivity contribution >= 4 is 29.9 Å². The van der Waals surface area contributed by atoms with Crippen LogP contribution in [-0.2, 0) is 6.54 Å². The molecule has 0 unspecified atom stereocenters. The molecule has 0 radical (unpaired) electrons. The van der Waals surface area contributed by atoms with Crippen LogP contribution >= 0.6 is 24.0 Å². The normalized spacial score (nSPS) is 11.2. The number of hydrogen-bond donors (Lipinski definition) is 2. The van der Waals surface area contributed by atoms with Gasteiger partial charge in [0, 0.05) is 12.6 Å². The van der Waals surface area contributed by atoms with Crippen LogP contribution in [0.5, 0.6) is 5.75 Å². The Morgan fingerprint density at radius 1 is 1.23 bits per heavy atom. The average molecular weight is 472 g/mol. The van der Waals surface area contributed by atoms with Crippen LogP contribution < -0.4 is 15.4 Å². The Morgan fingerprint density at radius 3 is 2.58 bits per heavy atom. The number of guanidine groups is 1. The first kappa shape index (κ1) is 22.3. The zero-order valence-corrected chi connectivity index (χ0v) is 18.2. The van der Waals surface area contributed by atoms with Crippen molar-refractivity contribution in [2.45, 2.75) is 40.2 Å². The third-order valence-electron chi connectivity index (χ3n) is 3.59. The summed E-state index contributed by atoms with van der Waals surface area (Å²) in [6.45, 7) is 10.7. The summed E-state index contributed by atoms with van der Waals surface area (Å²) < 4.78 is 11.0. The fourth-order valence-corrected chi connectivity index (χ4v) is 2.15. The molecule has 0 aliphatic rings. The average Bonchev–Trinajstić information content (AvgIpc) is 3.07. The lowest BCUT2D eigenvalue weighted by Crippen LogP contribution is -2.39. The van der Waals surface area contributed by atoms with Crippen molar-refractivity contribution in [1.29, 1.82) is 0 Å². The molecule has 2 N–H and O–H groups in total. The highest BCUT2D eigenvalue weighted by Gasteiger charge is 2.07. The van der Waals surface area contributed by atoms with E-state index in [1.165, 1.54) is 5.56 Å². The number of ether oxygens (including phenoxy) is 1. The van der Waals surface area contributed by atoms with Crippen LogP contribution in [0.4, 0.5) is 0 Å². The Labute approximate surface area is 172 Å². The first-order valence-corrected chi connectivity index (χ1v) is 8.75. The van der Waals surface area contributed by atoms with Gasteiger partial charge in [-0.15, -0.1) is 24.0 Å². The van der Waals surface area contributed by atoms with Gasteiger partial charge < -0.3 is 19.9 Å². The van der Waals surface area contributed by atoms with Gasteiger partial charge >= 0.3 is 0 Å². The Bertz CT molecular complexity index is 668. The number of aryl methyl sites for hydroxylation is 1. The van der Waals surface area contributed by atoms with Gasteiger partial charge in [-0.05, 0) is 31.9 Å². The number of nitrogens with one attached hydrogen (secondary N) is 2. The molecule has 1 aromatic carbocycles. The SMILES string of the molecule is CCNC(=NCc1cc(C(C)C)no1)NCCOc1ccc(C)cc1.I. The minimum absolute atomic E-state index is 0. The van der Waals surface area contributed by atoms with Crippen molar-refractivity contribution in [3.63, 3.8) is 0 Å². The fraction of sp³-hybridized carbons (Fsp3) is 0.474. The molecule has 7 heteroatoms. The molecule has 1 heterocycles. The number of aromatic nitrogens is 1. The van der Waals surface area contributed by atoms with Crippen molar-refractivity contribution in [1.82, 2.24) is 15.8 Å². The monoisotopic (exact) mass is 472 g/mol. The summed E-state index contributed by atoms with van der Waals surface area (Å²) in [6.07, 6.45) is 0. The van der Waals surface area contributed by atoms with Crippen LogP contribution in [0.3, 0.4) is 0 Å². The predicted octanol–water partition coefficient (Wildman–Crippen LogP) is 3.86.